The van der Waals surface area contributed by atoms with Crippen molar-refractivity contribution in [3.63, 3.8) is 0 Å². The minimum atomic E-state index is -0.212. The third-order valence-electron chi connectivity index (χ3n) is 5.53. The van der Waals surface area contributed by atoms with Gasteiger partial charge in [0.25, 0.3) is 0 Å². The van der Waals surface area contributed by atoms with Crippen LogP contribution in [0, 0.1) is 5.82 Å². The Morgan fingerprint density at radius 2 is 1.87 bits per heavy atom. The highest BCUT2D eigenvalue weighted by molar-refractivity contribution is 6.30. The van der Waals surface area contributed by atoms with E-state index in [1.807, 2.05) is 24.3 Å². The minimum Gasteiger partial charge on any atom is -0.373 e. The maximum absolute atomic E-state index is 13.1. The molecule has 0 spiro atoms. The van der Waals surface area contributed by atoms with Crippen molar-refractivity contribution in [2.24, 2.45) is 0 Å². The van der Waals surface area contributed by atoms with E-state index in [0.29, 0.717) is 30.4 Å². The molecule has 2 heterocycles. The molecule has 0 bridgehead atoms. The molecule has 160 valence electrons. The van der Waals surface area contributed by atoms with Crippen molar-refractivity contribution in [1.82, 2.24) is 9.80 Å². The second kappa shape index (κ2) is 9.64. The average molecular weight is 433 g/mol. The summed E-state index contributed by atoms with van der Waals surface area (Å²) in [4.78, 5) is 19.0. The summed E-state index contributed by atoms with van der Waals surface area (Å²) < 4.78 is 19.0. The lowest BCUT2D eigenvalue weighted by molar-refractivity contribution is -0.0295. The molecule has 30 heavy (non-hydrogen) atoms. The van der Waals surface area contributed by atoms with Gasteiger partial charge < -0.3 is 19.9 Å². The van der Waals surface area contributed by atoms with Gasteiger partial charge in [0.2, 0.25) is 0 Å². The Balaban J connectivity index is 1.25. The Morgan fingerprint density at radius 3 is 2.60 bits per heavy atom. The maximum atomic E-state index is 13.1. The van der Waals surface area contributed by atoms with Gasteiger partial charge in [0.15, 0.2) is 0 Å². The zero-order chi connectivity index (χ0) is 20.9. The predicted octanol–water partition coefficient (Wildman–Crippen LogP) is 3.53. The van der Waals surface area contributed by atoms with E-state index < -0.39 is 0 Å². The molecule has 6 nitrogen and oxygen atoms in total. The van der Waals surface area contributed by atoms with Crippen LogP contribution in [0.15, 0.2) is 48.5 Å². The van der Waals surface area contributed by atoms with Crippen molar-refractivity contribution < 1.29 is 13.9 Å². The molecule has 2 fully saturated rings. The van der Waals surface area contributed by atoms with Crippen LogP contribution in [0.5, 0.6) is 0 Å². The van der Waals surface area contributed by atoms with Crippen LogP contribution in [0.1, 0.15) is 0 Å². The lowest BCUT2D eigenvalue weighted by atomic mass is 10.2. The number of ether oxygens (including phenoxy) is 1. The normalized spacial score (nSPS) is 20.3. The van der Waals surface area contributed by atoms with Gasteiger partial charge in [-0.25, -0.2) is 9.18 Å². The van der Waals surface area contributed by atoms with Gasteiger partial charge in [-0.1, -0.05) is 17.7 Å². The number of nitrogens with zero attached hydrogens (tertiary/aromatic N) is 3. The molecule has 2 saturated heterocycles. The molecule has 2 aliphatic rings. The summed E-state index contributed by atoms with van der Waals surface area (Å²) >= 11 is 5.99. The molecule has 1 atom stereocenters. The topological polar surface area (TPSA) is 48.1 Å². The zero-order valence-electron chi connectivity index (χ0n) is 16.8. The third-order valence-corrected chi connectivity index (χ3v) is 5.76. The summed E-state index contributed by atoms with van der Waals surface area (Å²) in [5.74, 6) is -0.212. The van der Waals surface area contributed by atoms with Crippen LogP contribution >= 0.6 is 11.6 Å². The van der Waals surface area contributed by atoms with E-state index in [1.54, 1.807) is 17.0 Å². The highest BCUT2D eigenvalue weighted by Gasteiger charge is 2.27. The van der Waals surface area contributed by atoms with Gasteiger partial charge in [-0.2, -0.15) is 0 Å². The van der Waals surface area contributed by atoms with E-state index in [9.17, 15) is 9.18 Å². The number of benzene rings is 2. The molecule has 0 aromatic heterocycles. The summed E-state index contributed by atoms with van der Waals surface area (Å²) in [6, 6.07) is 13.7. The Morgan fingerprint density at radius 1 is 1.10 bits per heavy atom. The summed E-state index contributed by atoms with van der Waals surface area (Å²) in [7, 11) is 0. The van der Waals surface area contributed by atoms with Crippen LogP contribution < -0.4 is 10.2 Å². The monoisotopic (exact) mass is 432 g/mol. The lowest BCUT2D eigenvalue weighted by Gasteiger charge is -2.39. The van der Waals surface area contributed by atoms with Crippen molar-refractivity contribution in [3.05, 3.63) is 59.4 Å². The number of hydrogen-bond donors (Lipinski definition) is 1. The fraction of sp³-hybridized carbons (Fsp3) is 0.409. The molecule has 0 saturated carbocycles. The molecule has 0 radical (unpaired) electrons. The predicted molar refractivity (Wildman–Crippen MR) is 117 cm³/mol. The van der Waals surface area contributed by atoms with Crippen molar-refractivity contribution in [2.75, 3.05) is 62.6 Å². The number of carbonyl (C=O) groups is 1. The van der Waals surface area contributed by atoms with Gasteiger partial charge in [-0.05, 0) is 42.5 Å². The second-order valence-electron chi connectivity index (χ2n) is 7.64. The van der Waals surface area contributed by atoms with Gasteiger partial charge in [0.1, 0.15) is 5.82 Å². The van der Waals surface area contributed by atoms with Crippen LogP contribution in [-0.4, -0.2) is 74.4 Å². The summed E-state index contributed by atoms with van der Waals surface area (Å²) in [5, 5.41) is 3.49. The molecule has 4 rings (SSSR count). The minimum absolute atomic E-state index is 0.0127. The highest BCUT2D eigenvalue weighted by Crippen LogP contribution is 2.19. The largest absolute Gasteiger partial charge is 0.373 e. The first-order chi connectivity index (χ1) is 14.6. The molecule has 2 aliphatic heterocycles. The van der Waals surface area contributed by atoms with Crippen molar-refractivity contribution >= 4 is 29.0 Å². The van der Waals surface area contributed by atoms with E-state index in [2.05, 4.69) is 15.1 Å². The van der Waals surface area contributed by atoms with E-state index in [1.165, 1.54) is 12.1 Å². The second-order valence-corrected chi connectivity index (χ2v) is 8.08. The quantitative estimate of drug-likeness (QED) is 0.802. The third kappa shape index (κ3) is 5.41. The van der Waals surface area contributed by atoms with Gasteiger partial charge in [-0.15, -0.1) is 0 Å². The molecule has 0 aliphatic carbocycles. The summed E-state index contributed by atoms with van der Waals surface area (Å²) in [5.41, 5.74) is 1.74. The Hall–Kier alpha value is -2.35. The first-order valence-electron chi connectivity index (χ1n) is 10.2. The first kappa shape index (κ1) is 20.9. The lowest BCUT2D eigenvalue weighted by Crippen LogP contribution is -2.54. The number of morpholine rings is 1. The van der Waals surface area contributed by atoms with Crippen molar-refractivity contribution in [3.8, 4) is 0 Å². The maximum Gasteiger partial charge on any atom is 0.322 e. The number of piperazine rings is 1. The van der Waals surface area contributed by atoms with Gasteiger partial charge in [-0.3, -0.25) is 4.90 Å². The molecular weight excluding hydrogens is 407 g/mol. The van der Waals surface area contributed by atoms with E-state index in [0.717, 1.165) is 38.4 Å². The molecular formula is C22H26ClFN4O2. The molecule has 8 heteroatoms. The molecule has 2 aromatic carbocycles. The van der Waals surface area contributed by atoms with Gasteiger partial charge >= 0.3 is 6.03 Å². The molecule has 2 amide bonds. The Kier molecular flexibility index (Phi) is 6.72. The summed E-state index contributed by atoms with van der Waals surface area (Å²) in [6.45, 7) is 6.04. The number of halogens is 2. The molecule has 0 unspecified atom stereocenters. The van der Waals surface area contributed by atoms with Crippen LogP contribution in [-0.2, 0) is 4.74 Å². The van der Waals surface area contributed by atoms with Crippen LogP contribution in [0.3, 0.4) is 0 Å². The number of carbonyl (C=O) groups excluding carboxylic acids is 1. The Labute approximate surface area is 181 Å². The smallest absolute Gasteiger partial charge is 0.322 e. The average Bonchev–Trinajstić information content (AvgIpc) is 2.75. The SMILES string of the molecule is O=C(Nc1cccc(Cl)c1)N1CCO[C@@H](CN2CCN(c3ccc(F)cc3)CC2)C1. The number of anilines is 2. The molecule has 1 N–H and O–H groups in total. The van der Waals surface area contributed by atoms with Gasteiger partial charge in [0.05, 0.1) is 12.7 Å². The number of rotatable bonds is 4. The van der Waals surface area contributed by atoms with Crippen molar-refractivity contribution in [1.29, 1.82) is 0 Å². The summed E-state index contributed by atoms with van der Waals surface area (Å²) in [6.07, 6.45) is -0.0127. The van der Waals surface area contributed by atoms with E-state index >= 15 is 0 Å². The van der Waals surface area contributed by atoms with E-state index in [-0.39, 0.29) is 18.0 Å². The fourth-order valence-electron chi connectivity index (χ4n) is 3.91. The van der Waals surface area contributed by atoms with Crippen LogP contribution in [0.25, 0.3) is 0 Å². The number of hydrogen-bond acceptors (Lipinski definition) is 4. The Bertz CT molecular complexity index is 858. The number of nitrogens with one attached hydrogen (secondary N) is 1. The zero-order valence-corrected chi connectivity index (χ0v) is 17.5. The van der Waals surface area contributed by atoms with Gasteiger partial charge in [0, 0.05) is 62.2 Å². The highest BCUT2D eigenvalue weighted by atomic mass is 35.5. The van der Waals surface area contributed by atoms with Crippen LogP contribution in [0.2, 0.25) is 5.02 Å². The number of urea groups is 1. The van der Waals surface area contributed by atoms with E-state index in [4.69, 9.17) is 16.3 Å². The van der Waals surface area contributed by atoms with Crippen LogP contribution in [0.4, 0.5) is 20.6 Å². The first-order valence-corrected chi connectivity index (χ1v) is 10.6. The molecule has 2 aromatic rings. The van der Waals surface area contributed by atoms with Crippen molar-refractivity contribution in [2.45, 2.75) is 6.10 Å². The number of amides is 2. The fourth-order valence-corrected chi connectivity index (χ4v) is 4.10. The standard InChI is InChI=1S/C22H26ClFN4O2/c23-17-2-1-3-19(14-17)25-22(29)28-12-13-30-21(16-28)15-26-8-10-27(11-9-26)20-6-4-18(24)5-7-20/h1-7,14,21H,8-13,15-16H2,(H,25,29)/t21-/m0/s1.